The maximum absolute atomic E-state index is 13.0. The predicted molar refractivity (Wildman–Crippen MR) is 97.7 cm³/mol. The molecule has 2 amide bonds. The van der Waals surface area contributed by atoms with E-state index in [1.807, 2.05) is 0 Å². The summed E-state index contributed by atoms with van der Waals surface area (Å²) in [7, 11) is 0. The zero-order chi connectivity index (χ0) is 21.3. The van der Waals surface area contributed by atoms with Gasteiger partial charge in [-0.05, 0) is 30.5 Å². The molecule has 0 heterocycles. The van der Waals surface area contributed by atoms with Crippen LogP contribution >= 0.6 is 0 Å². The minimum absolute atomic E-state index is 0.0459. The number of carboxylic acids is 1. The van der Waals surface area contributed by atoms with E-state index in [-0.39, 0.29) is 19.4 Å². The van der Waals surface area contributed by atoms with Crippen LogP contribution in [0.2, 0.25) is 0 Å². The van der Waals surface area contributed by atoms with Crippen molar-refractivity contribution < 1.29 is 33.4 Å². The molecule has 9 heteroatoms. The third-order valence-corrected chi connectivity index (χ3v) is 3.97. The quantitative estimate of drug-likeness (QED) is 0.508. The minimum Gasteiger partial charge on any atom is -0.480 e. The molecule has 3 N–H and O–H groups in total. The first kappa shape index (κ1) is 23.1. The molecule has 0 aliphatic heterocycles. The maximum Gasteiger partial charge on any atom is 0.326 e. The van der Waals surface area contributed by atoms with Crippen molar-refractivity contribution in [1.82, 2.24) is 10.6 Å². The number of hydrogen-bond donors (Lipinski definition) is 3. The van der Waals surface area contributed by atoms with Crippen LogP contribution in [0.3, 0.4) is 0 Å². The molecule has 0 bridgehead atoms. The number of hydrogen-bond acceptors (Lipinski definition) is 5. The van der Waals surface area contributed by atoms with Crippen LogP contribution in [-0.4, -0.2) is 47.6 Å². The largest absolute Gasteiger partial charge is 0.480 e. The highest BCUT2D eigenvalue weighted by atomic mass is 19.1. The molecule has 154 valence electrons. The van der Waals surface area contributed by atoms with Gasteiger partial charge in [0, 0.05) is 13.3 Å². The first-order valence-corrected chi connectivity index (χ1v) is 8.84. The second-order valence-electron chi connectivity index (χ2n) is 6.39. The van der Waals surface area contributed by atoms with Crippen molar-refractivity contribution in [3.05, 3.63) is 35.6 Å². The van der Waals surface area contributed by atoms with Crippen LogP contribution in [0.15, 0.2) is 24.3 Å². The molecule has 1 aromatic carbocycles. The van der Waals surface area contributed by atoms with Crippen molar-refractivity contribution in [2.24, 2.45) is 5.92 Å². The lowest BCUT2D eigenvalue weighted by Gasteiger charge is -2.24. The smallest absolute Gasteiger partial charge is 0.326 e. The predicted octanol–water partition coefficient (Wildman–Crippen LogP) is 1.03. The van der Waals surface area contributed by atoms with Crippen LogP contribution < -0.4 is 10.6 Å². The Labute approximate surface area is 162 Å². The number of amides is 2. The van der Waals surface area contributed by atoms with Crippen LogP contribution in [0, 0.1) is 11.7 Å². The van der Waals surface area contributed by atoms with Crippen LogP contribution in [0.1, 0.15) is 32.8 Å². The van der Waals surface area contributed by atoms with Gasteiger partial charge in [0.1, 0.15) is 17.9 Å². The van der Waals surface area contributed by atoms with Gasteiger partial charge >= 0.3 is 11.9 Å². The summed E-state index contributed by atoms with van der Waals surface area (Å²) >= 11 is 0. The van der Waals surface area contributed by atoms with Crippen LogP contribution in [-0.2, 0) is 30.3 Å². The zero-order valence-corrected chi connectivity index (χ0v) is 16.0. The number of carboxylic acid groups (broad SMARTS) is 1. The molecular weight excluding hydrogens is 371 g/mol. The highest BCUT2D eigenvalue weighted by Gasteiger charge is 2.31. The number of carbonyl (C=O) groups excluding carboxylic acids is 3. The van der Waals surface area contributed by atoms with E-state index in [1.54, 1.807) is 6.92 Å². The summed E-state index contributed by atoms with van der Waals surface area (Å²) < 4.78 is 17.9. The fourth-order valence-electron chi connectivity index (χ4n) is 2.61. The van der Waals surface area contributed by atoms with Gasteiger partial charge in [0.15, 0.2) is 0 Å². The van der Waals surface area contributed by atoms with Gasteiger partial charge in [-0.1, -0.05) is 19.1 Å². The fourth-order valence-corrected chi connectivity index (χ4v) is 2.61. The number of halogens is 1. The van der Waals surface area contributed by atoms with Gasteiger partial charge in [0.2, 0.25) is 11.8 Å². The molecule has 0 spiro atoms. The zero-order valence-electron chi connectivity index (χ0n) is 16.0. The molecule has 0 saturated heterocycles. The SMILES string of the molecule is CCOC(=O)C[C@H](C)[C@H](NC(=O)[C@H](Cc1ccc(F)cc1)NC(C)=O)C(=O)O. The lowest BCUT2D eigenvalue weighted by atomic mass is 9.97. The van der Waals surface area contributed by atoms with Crippen LogP contribution in [0.5, 0.6) is 0 Å². The Bertz CT molecular complexity index is 707. The average Bonchev–Trinajstić information content (AvgIpc) is 2.60. The summed E-state index contributed by atoms with van der Waals surface area (Å²) in [6.45, 7) is 4.52. The van der Waals surface area contributed by atoms with Crippen molar-refractivity contribution in [2.45, 2.75) is 45.7 Å². The summed E-state index contributed by atoms with van der Waals surface area (Å²) in [6.07, 6.45) is -0.141. The van der Waals surface area contributed by atoms with Crippen molar-refractivity contribution in [3.63, 3.8) is 0 Å². The first-order valence-electron chi connectivity index (χ1n) is 8.84. The molecule has 28 heavy (non-hydrogen) atoms. The van der Waals surface area contributed by atoms with Crippen molar-refractivity contribution >= 4 is 23.8 Å². The Balaban J connectivity index is 2.89. The van der Waals surface area contributed by atoms with Gasteiger partial charge < -0.3 is 20.5 Å². The normalized spacial score (nSPS) is 13.7. The molecule has 0 unspecified atom stereocenters. The van der Waals surface area contributed by atoms with Crippen molar-refractivity contribution in [1.29, 1.82) is 0 Å². The maximum atomic E-state index is 13.0. The molecule has 3 atom stereocenters. The lowest BCUT2D eigenvalue weighted by molar-refractivity contribution is -0.147. The van der Waals surface area contributed by atoms with Crippen LogP contribution in [0.25, 0.3) is 0 Å². The van der Waals surface area contributed by atoms with E-state index in [1.165, 1.54) is 38.1 Å². The topological polar surface area (TPSA) is 122 Å². The molecule has 0 aromatic heterocycles. The van der Waals surface area contributed by atoms with Crippen molar-refractivity contribution in [2.75, 3.05) is 6.61 Å². The standard InChI is InChI=1S/C19H25FN2O6/c1-4-28-16(24)9-11(2)17(19(26)27)22-18(25)15(21-12(3)23)10-13-5-7-14(20)8-6-13/h5-8,11,15,17H,4,9-10H2,1-3H3,(H,21,23)(H,22,25)(H,26,27)/t11-,15-,17-/m0/s1. The Morgan fingerprint density at radius 2 is 1.75 bits per heavy atom. The Morgan fingerprint density at radius 3 is 2.25 bits per heavy atom. The monoisotopic (exact) mass is 396 g/mol. The van der Waals surface area contributed by atoms with E-state index in [9.17, 15) is 28.7 Å². The van der Waals surface area contributed by atoms with Gasteiger partial charge in [0.05, 0.1) is 13.0 Å². The van der Waals surface area contributed by atoms with Gasteiger partial charge in [-0.2, -0.15) is 0 Å². The minimum atomic E-state index is -1.35. The van der Waals surface area contributed by atoms with Gasteiger partial charge in [0.25, 0.3) is 0 Å². The van der Waals surface area contributed by atoms with Gasteiger partial charge in [-0.3, -0.25) is 14.4 Å². The summed E-state index contributed by atoms with van der Waals surface area (Å²) in [6, 6.07) is 2.98. The Hall–Kier alpha value is -2.97. The summed E-state index contributed by atoms with van der Waals surface area (Å²) in [5, 5.41) is 14.2. The van der Waals surface area contributed by atoms with Crippen LogP contribution in [0.4, 0.5) is 4.39 Å². The number of ether oxygens (including phenoxy) is 1. The molecule has 0 fully saturated rings. The third-order valence-electron chi connectivity index (χ3n) is 3.97. The van der Waals surface area contributed by atoms with E-state index in [2.05, 4.69) is 10.6 Å². The summed E-state index contributed by atoms with van der Waals surface area (Å²) in [5.41, 5.74) is 0.585. The number of esters is 1. The highest BCUT2D eigenvalue weighted by Crippen LogP contribution is 2.12. The fraction of sp³-hybridized carbons (Fsp3) is 0.474. The number of rotatable bonds is 10. The molecule has 0 aliphatic rings. The average molecular weight is 396 g/mol. The summed E-state index contributed by atoms with van der Waals surface area (Å²) in [5.74, 6) is -4.25. The van der Waals surface area contributed by atoms with E-state index in [0.717, 1.165) is 0 Å². The van der Waals surface area contributed by atoms with E-state index >= 15 is 0 Å². The van der Waals surface area contributed by atoms with Crippen molar-refractivity contribution in [3.8, 4) is 0 Å². The number of benzene rings is 1. The number of nitrogens with one attached hydrogen (secondary N) is 2. The van der Waals surface area contributed by atoms with Gasteiger partial charge in [-0.15, -0.1) is 0 Å². The van der Waals surface area contributed by atoms with Gasteiger partial charge in [-0.25, -0.2) is 9.18 Å². The second kappa shape index (κ2) is 11.0. The summed E-state index contributed by atoms with van der Waals surface area (Å²) in [4.78, 5) is 47.2. The molecule has 8 nitrogen and oxygen atoms in total. The second-order valence-corrected chi connectivity index (χ2v) is 6.39. The first-order chi connectivity index (χ1) is 13.1. The molecule has 0 saturated carbocycles. The Kier molecular flexibility index (Phi) is 9.07. The molecule has 0 aliphatic carbocycles. The lowest BCUT2D eigenvalue weighted by Crippen LogP contribution is -2.54. The Morgan fingerprint density at radius 1 is 1.14 bits per heavy atom. The molecule has 1 aromatic rings. The molecular formula is C19H25FN2O6. The van der Waals surface area contributed by atoms with E-state index in [4.69, 9.17) is 4.74 Å². The third kappa shape index (κ3) is 7.73. The van der Waals surface area contributed by atoms with E-state index in [0.29, 0.717) is 5.56 Å². The number of aliphatic carboxylic acids is 1. The molecule has 0 radical (unpaired) electrons. The highest BCUT2D eigenvalue weighted by molar-refractivity contribution is 5.90. The van der Waals surface area contributed by atoms with E-state index < -0.39 is 47.6 Å². The molecule has 1 rings (SSSR count). The number of carbonyl (C=O) groups is 4.